The number of allylic oxidation sites excluding steroid dienone is 2. The van der Waals surface area contributed by atoms with E-state index in [1.807, 2.05) is 24.3 Å². The van der Waals surface area contributed by atoms with Crippen molar-refractivity contribution in [2.45, 2.75) is 38.0 Å². The van der Waals surface area contributed by atoms with Crippen molar-refractivity contribution >= 4 is 58.4 Å². The Morgan fingerprint density at radius 2 is 1.63 bits per heavy atom. The monoisotopic (exact) mass is 478 g/mol. The van der Waals surface area contributed by atoms with Crippen LogP contribution in [0, 0.1) is 5.41 Å². The van der Waals surface area contributed by atoms with Crippen LogP contribution in [0.4, 0.5) is 0 Å². The van der Waals surface area contributed by atoms with E-state index < -0.39 is 5.41 Å². The van der Waals surface area contributed by atoms with Crippen LogP contribution in [0.3, 0.4) is 0 Å². The minimum atomic E-state index is -0.524. The molecule has 2 nitrogen and oxygen atoms in total. The molecule has 1 atom stereocenters. The van der Waals surface area contributed by atoms with Crippen molar-refractivity contribution in [1.29, 1.82) is 0 Å². The second-order valence-corrected chi connectivity index (χ2v) is 9.88. The van der Waals surface area contributed by atoms with Gasteiger partial charge in [-0.05, 0) is 78.3 Å². The van der Waals surface area contributed by atoms with Gasteiger partial charge in [-0.3, -0.25) is 4.79 Å². The topological polar surface area (TPSA) is 26.3 Å². The largest absolute Gasteiger partial charge is 0.426 e. The first-order valence-electron chi connectivity index (χ1n) is 9.95. The molecular weight excluding hydrogens is 462 g/mol. The van der Waals surface area contributed by atoms with Gasteiger partial charge in [0.25, 0.3) is 0 Å². The van der Waals surface area contributed by atoms with Crippen LogP contribution >= 0.6 is 46.4 Å². The fraction of sp³-hybridized carbons (Fsp3) is 0.292. The van der Waals surface area contributed by atoms with Gasteiger partial charge in [0.15, 0.2) is 0 Å². The van der Waals surface area contributed by atoms with E-state index in [1.165, 1.54) is 0 Å². The number of hydrogen-bond donors (Lipinski definition) is 0. The number of rotatable bonds is 2. The maximum atomic E-state index is 13.2. The summed E-state index contributed by atoms with van der Waals surface area (Å²) in [6, 6.07) is 10.9. The number of ether oxygens (including phenoxy) is 1. The molecule has 1 heterocycles. The van der Waals surface area contributed by atoms with E-state index >= 15 is 0 Å². The predicted molar refractivity (Wildman–Crippen MR) is 122 cm³/mol. The minimum absolute atomic E-state index is 0.0844. The second-order valence-electron chi connectivity index (χ2n) is 8.19. The molecule has 2 aromatic rings. The molecule has 5 rings (SSSR count). The minimum Gasteiger partial charge on any atom is -0.426 e. The zero-order valence-corrected chi connectivity index (χ0v) is 19.0. The lowest BCUT2D eigenvalue weighted by Gasteiger charge is -2.48. The molecule has 0 radical (unpaired) electrons. The number of halogens is 4. The molecule has 0 saturated heterocycles. The van der Waals surface area contributed by atoms with Gasteiger partial charge in [0.1, 0.15) is 5.76 Å². The van der Waals surface area contributed by atoms with Gasteiger partial charge < -0.3 is 4.74 Å². The fourth-order valence-corrected chi connectivity index (χ4v) is 5.95. The van der Waals surface area contributed by atoms with Crippen LogP contribution in [0.1, 0.15) is 49.1 Å². The van der Waals surface area contributed by atoms with Gasteiger partial charge in [0.05, 0.1) is 5.41 Å². The van der Waals surface area contributed by atoms with E-state index in [1.54, 1.807) is 18.2 Å². The van der Waals surface area contributed by atoms with Gasteiger partial charge >= 0.3 is 5.97 Å². The van der Waals surface area contributed by atoms with Crippen molar-refractivity contribution in [3.05, 3.63) is 84.5 Å². The molecular formula is C24H18Cl4O2. The van der Waals surface area contributed by atoms with Gasteiger partial charge in [0, 0.05) is 26.0 Å². The fourth-order valence-electron chi connectivity index (χ4n) is 4.97. The molecule has 3 aliphatic rings. The molecule has 2 aliphatic carbocycles. The van der Waals surface area contributed by atoms with Crippen molar-refractivity contribution in [1.82, 2.24) is 0 Å². The Hall–Kier alpha value is -1.45. The predicted octanol–water partition coefficient (Wildman–Crippen LogP) is 8.24. The normalized spacial score (nSPS) is 23.5. The van der Waals surface area contributed by atoms with Crippen molar-refractivity contribution in [2.75, 3.05) is 0 Å². The highest BCUT2D eigenvalue weighted by Crippen LogP contribution is 2.62. The summed E-state index contributed by atoms with van der Waals surface area (Å²) in [4.78, 5) is 13.2. The average molecular weight is 480 g/mol. The molecule has 6 heteroatoms. The lowest BCUT2D eigenvalue weighted by atomic mass is 9.56. The highest BCUT2D eigenvalue weighted by Gasteiger charge is 2.58. The average Bonchev–Trinajstić information content (AvgIpc) is 3.04. The Morgan fingerprint density at radius 1 is 0.933 bits per heavy atom. The SMILES string of the molecule is O=C1OC2=C(CCC2=Cc2ccc(Cl)cc2Cl)C(c2ccc(Cl)cc2Cl)C12CCC2. The maximum absolute atomic E-state index is 13.2. The van der Waals surface area contributed by atoms with Crippen molar-refractivity contribution in [3.8, 4) is 0 Å². The lowest BCUT2D eigenvalue weighted by molar-refractivity contribution is -0.160. The Kier molecular flexibility index (Phi) is 5.18. The van der Waals surface area contributed by atoms with Crippen LogP contribution < -0.4 is 0 Å². The van der Waals surface area contributed by atoms with Crippen LogP contribution in [-0.2, 0) is 9.53 Å². The maximum Gasteiger partial charge on any atom is 0.318 e. The van der Waals surface area contributed by atoms with Crippen LogP contribution in [0.25, 0.3) is 6.08 Å². The summed E-state index contributed by atoms with van der Waals surface area (Å²) in [7, 11) is 0. The van der Waals surface area contributed by atoms with Crippen molar-refractivity contribution in [3.63, 3.8) is 0 Å². The summed E-state index contributed by atoms with van der Waals surface area (Å²) in [6.07, 6.45) is 6.25. The van der Waals surface area contributed by atoms with Crippen LogP contribution in [-0.4, -0.2) is 5.97 Å². The van der Waals surface area contributed by atoms with Gasteiger partial charge in [-0.25, -0.2) is 0 Å². The third-order valence-electron chi connectivity index (χ3n) is 6.56. The molecule has 0 N–H and O–H groups in total. The van der Waals surface area contributed by atoms with Gasteiger partial charge in [-0.15, -0.1) is 0 Å². The van der Waals surface area contributed by atoms with E-state index in [-0.39, 0.29) is 11.9 Å². The Bertz CT molecular complexity index is 1130. The quantitative estimate of drug-likeness (QED) is 0.405. The van der Waals surface area contributed by atoms with E-state index in [9.17, 15) is 4.79 Å². The molecule has 1 fully saturated rings. The van der Waals surface area contributed by atoms with Crippen LogP contribution in [0.2, 0.25) is 20.1 Å². The van der Waals surface area contributed by atoms with Gasteiger partial charge in [0.2, 0.25) is 0 Å². The van der Waals surface area contributed by atoms with E-state index in [2.05, 4.69) is 0 Å². The number of carbonyl (C=O) groups excluding carboxylic acids is 1. The summed E-state index contributed by atoms with van der Waals surface area (Å²) in [6.45, 7) is 0. The lowest BCUT2D eigenvalue weighted by Crippen LogP contribution is -2.47. The molecule has 154 valence electrons. The molecule has 0 amide bonds. The summed E-state index contributed by atoms with van der Waals surface area (Å²) in [5.41, 5.74) is 3.41. The number of hydrogen-bond acceptors (Lipinski definition) is 2. The van der Waals surface area contributed by atoms with E-state index in [0.29, 0.717) is 25.8 Å². The third-order valence-corrected chi connectivity index (χ3v) is 7.69. The first-order chi connectivity index (χ1) is 14.4. The van der Waals surface area contributed by atoms with Crippen molar-refractivity contribution < 1.29 is 9.53 Å². The van der Waals surface area contributed by atoms with Gasteiger partial charge in [-0.2, -0.15) is 0 Å². The van der Waals surface area contributed by atoms with E-state index in [4.69, 9.17) is 51.1 Å². The first-order valence-corrected chi connectivity index (χ1v) is 11.5. The molecule has 0 bridgehead atoms. The number of esters is 1. The second kappa shape index (κ2) is 7.60. The Balaban J connectivity index is 1.64. The van der Waals surface area contributed by atoms with Crippen LogP contribution in [0.15, 0.2) is 53.3 Å². The zero-order valence-electron chi connectivity index (χ0n) is 16.0. The number of carbonyl (C=O) groups is 1. The molecule has 30 heavy (non-hydrogen) atoms. The first kappa shape index (κ1) is 20.5. The summed E-state index contributed by atoms with van der Waals surface area (Å²) < 4.78 is 5.97. The Labute approximate surface area is 195 Å². The molecule has 1 saturated carbocycles. The summed E-state index contributed by atoms with van der Waals surface area (Å²) in [5.74, 6) is 0.442. The van der Waals surface area contributed by atoms with Crippen molar-refractivity contribution in [2.24, 2.45) is 5.41 Å². The highest BCUT2D eigenvalue weighted by atomic mass is 35.5. The summed E-state index contributed by atoms with van der Waals surface area (Å²) in [5, 5.41) is 2.34. The van der Waals surface area contributed by atoms with Crippen LogP contribution in [0.5, 0.6) is 0 Å². The molecule has 1 spiro atoms. The zero-order chi connectivity index (χ0) is 21.0. The molecule has 2 aromatic carbocycles. The highest BCUT2D eigenvalue weighted by molar-refractivity contribution is 6.36. The van der Waals surface area contributed by atoms with E-state index in [0.717, 1.165) is 54.4 Å². The molecule has 1 aliphatic heterocycles. The number of benzene rings is 2. The molecule has 0 aromatic heterocycles. The summed E-state index contributed by atoms with van der Waals surface area (Å²) >= 11 is 25.1. The third kappa shape index (κ3) is 3.20. The standard InChI is InChI=1S/C24H18Cl4O2/c25-15-4-2-13(19(27)11-15)10-14-3-6-18-21(17-7-5-16(26)12-20(17)28)24(8-1-9-24)23(29)30-22(14)18/h2,4-5,7,10-12,21H,1,3,6,8-9H2. The Morgan fingerprint density at radius 3 is 2.27 bits per heavy atom. The smallest absolute Gasteiger partial charge is 0.318 e. The molecule has 1 unspecified atom stereocenters. The van der Waals surface area contributed by atoms with Gasteiger partial charge in [-0.1, -0.05) is 65.0 Å².